The van der Waals surface area contributed by atoms with Gasteiger partial charge in [0.15, 0.2) is 0 Å². The zero-order chi connectivity index (χ0) is 14.0. The highest BCUT2D eigenvalue weighted by Gasteiger charge is 2.09. The summed E-state index contributed by atoms with van der Waals surface area (Å²) in [5.41, 5.74) is 0. The molecule has 0 radical (unpaired) electrons. The largest absolute Gasteiger partial charge is 0.481 e. The number of hydrogen-bond acceptors (Lipinski definition) is 3. The van der Waals surface area contributed by atoms with Gasteiger partial charge in [0.05, 0.1) is 5.92 Å². The first kappa shape index (κ1) is 16.7. The molecule has 6 nitrogen and oxygen atoms in total. The van der Waals surface area contributed by atoms with Crippen molar-refractivity contribution in [3.63, 3.8) is 0 Å². The SMILES string of the molecule is CCN(C)CCNC(=O)NCCCC(C)C(=O)O. The number of carbonyl (C=O) groups is 2. The minimum absolute atomic E-state index is 0.192. The van der Waals surface area contributed by atoms with Gasteiger partial charge in [-0.25, -0.2) is 4.79 Å². The summed E-state index contributed by atoms with van der Waals surface area (Å²) in [6.07, 6.45) is 1.25. The molecule has 0 aromatic heterocycles. The van der Waals surface area contributed by atoms with Crippen molar-refractivity contribution in [2.24, 2.45) is 5.92 Å². The summed E-state index contributed by atoms with van der Waals surface area (Å²) in [6, 6.07) is -0.192. The molecular weight excluding hydrogens is 234 g/mol. The van der Waals surface area contributed by atoms with E-state index in [-0.39, 0.29) is 11.9 Å². The Morgan fingerprint density at radius 2 is 1.89 bits per heavy atom. The van der Waals surface area contributed by atoms with Crippen LogP contribution in [0.2, 0.25) is 0 Å². The predicted molar refractivity (Wildman–Crippen MR) is 70.6 cm³/mol. The van der Waals surface area contributed by atoms with E-state index in [2.05, 4.69) is 22.5 Å². The number of carboxylic acids is 1. The average molecular weight is 259 g/mol. The predicted octanol–water partition coefficient (Wildman–Crippen LogP) is 0.738. The van der Waals surface area contributed by atoms with Crippen LogP contribution in [0, 0.1) is 5.92 Å². The van der Waals surface area contributed by atoms with Gasteiger partial charge in [-0.1, -0.05) is 13.8 Å². The van der Waals surface area contributed by atoms with Gasteiger partial charge in [0.2, 0.25) is 0 Å². The van der Waals surface area contributed by atoms with Gasteiger partial charge >= 0.3 is 12.0 Å². The van der Waals surface area contributed by atoms with Crippen molar-refractivity contribution in [2.75, 3.05) is 33.2 Å². The molecule has 6 heteroatoms. The maximum absolute atomic E-state index is 11.3. The molecule has 0 saturated heterocycles. The second kappa shape index (κ2) is 9.70. The molecule has 1 atom stereocenters. The van der Waals surface area contributed by atoms with Crippen molar-refractivity contribution < 1.29 is 14.7 Å². The van der Waals surface area contributed by atoms with Gasteiger partial charge in [0, 0.05) is 19.6 Å². The zero-order valence-electron chi connectivity index (χ0n) is 11.5. The van der Waals surface area contributed by atoms with Gasteiger partial charge in [-0.2, -0.15) is 0 Å². The van der Waals surface area contributed by atoms with Crippen molar-refractivity contribution in [3.05, 3.63) is 0 Å². The van der Waals surface area contributed by atoms with Crippen LogP contribution in [0.15, 0.2) is 0 Å². The molecule has 0 bridgehead atoms. The molecule has 0 aliphatic heterocycles. The molecule has 0 fully saturated rings. The van der Waals surface area contributed by atoms with Crippen LogP contribution in [0.1, 0.15) is 26.7 Å². The highest BCUT2D eigenvalue weighted by Crippen LogP contribution is 2.03. The minimum Gasteiger partial charge on any atom is -0.481 e. The first-order valence-corrected chi connectivity index (χ1v) is 6.40. The van der Waals surface area contributed by atoms with Crippen LogP contribution in [0.4, 0.5) is 4.79 Å². The topological polar surface area (TPSA) is 81.7 Å². The molecule has 18 heavy (non-hydrogen) atoms. The minimum atomic E-state index is -0.790. The third-order valence-electron chi connectivity index (χ3n) is 2.84. The smallest absolute Gasteiger partial charge is 0.314 e. The Labute approximate surface area is 109 Å². The van der Waals surface area contributed by atoms with Crippen LogP contribution < -0.4 is 10.6 Å². The number of nitrogens with zero attached hydrogens (tertiary/aromatic N) is 1. The molecule has 0 saturated carbocycles. The molecular formula is C12H25N3O3. The number of amides is 2. The number of rotatable bonds is 9. The maximum Gasteiger partial charge on any atom is 0.314 e. The monoisotopic (exact) mass is 259 g/mol. The molecule has 0 heterocycles. The summed E-state index contributed by atoms with van der Waals surface area (Å²) in [5, 5.41) is 14.1. The lowest BCUT2D eigenvalue weighted by molar-refractivity contribution is -0.141. The van der Waals surface area contributed by atoms with Crippen LogP contribution in [-0.4, -0.2) is 55.2 Å². The highest BCUT2D eigenvalue weighted by atomic mass is 16.4. The molecule has 106 valence electrons. The highest BCUT2D eigenvalue weighted by molar-refractivity contribution is 5.73. The Morgan fingerprint density at radius 1 is 1.28 bits per heavy atom. The van der Waals surface area contributed by atoms with Gasteiger partial charge in [-0.3, -0.25) is 4.79 Å². The van der Waals surface area contributed by atoms with E-state index in [4.69, 9.17) is 5.11 Å². The normalized spacial score (nSPS) is 12.2. The Balaban J connectivity index is 3.45. The standard InChI is InChI=1S/C12H25N3O3/c1-4-15(3)9-8-14-12(18)13-7-5-6-10(2)11(16)17/h10H,4-9H2,1-3H3,(H,16,17)(H2,13,14,18). The van der Waals surface area contributed by atoms with Crippen molar-refractivity contribution in [3.8, 4) is 0 Å². The number of carbonyl (C=O) groups excluding carboxylic acids is 1. The number of carboxylic acid groups (broad SMARTS) is 1. The maximum atomic E-state index is 11.3. The van der Waals surface area contributed by atoms with Gasteiger partial charge in [-0.05, 0) is 26.4 Å². The number of aliphatic carboxylic acids is 1. The van der Waals surface area contributed by atoms with E-state index in [1.54, 1.807) is 6.92 Å². The third-order valence-corrected chi connectivity index (χ3v) is 2.84. The van der Waals surface area contributed by atoms with Gasteiger partial charge < -0.3 is 20.6 Å². The fourth-order valence-electron chi connectivity index (χ4n) is 1.31. The van der Waals surface area contributed by atoms with E-state index in [0.717, 1.165) is 13.1 Å². The van der Waals surface area contributed by atoms with Crippen LogP contribution in [0.3, 0.4) is 0 Å². The van der Waals surface area contributed by atoms with E-state index >= 15 is 0 Å². The Hall–Kier alpha value is -1.30. The summed E-state index contributed by atoms with van der Waals surface area (Å²) in [7, 11) is 1.99. The molecule has 0 rings (SSSR count). The van der Waals surface area contributed by atoms with Crippen LogP contribution in [-0.2, 0) is 4.79 Å². The average Bonchev–Trinajstić information content (AvgIpc) is 2.33. The Kier molecular flexibility index (Phi) is 9.00. The van der Waals surface area contributed by atoms with Crippen molar-refractivity contribution in [1.29, 1.82) is 0 Å². The molecule has 1 unspecified atom stereocenters. The number of hydrogen-bond donors (Lipinski definition) is 3. The van der Waals surface area contributed by atoms with Crippen LogP contribution >= 0.6 is 0 Å². The first-order valence-electron chi connectivity index (χ1n) is 6.40. The number of urea groups is 1. The lowest BCUT2D eigenvalue weighted by Crippen LogP contribution is -2.40. The lowest BCUT2D eigenvalue weighted by Gasteiger charge is -2.14. The fourth-order valence-corrected chi connectivity index (χ4v) is 1.31. The number of nitrogens with one attached hydrogen (secondary N) is 2. The Morgan fingerprint density at radius 3 is 2.44 bits per heavy atom. The summed E-state index contributed by atoms with van der Waals surface area (Å²) in [5.74, 6) is -1.14. The molecule has 0 aromatic rings. The first-order chi connectivity index (χ1) is 8.47. The molecule has 0 aliphatic rings. The third kappa shape index (κ3) is 8.81. The van der Waals surface area contributed by atoms with Crippen LogP contribution in [0.25, 0.3) is 0 Å². The van der Waals surface area contributed by atoms with Crippen molar-refractivity contribution >= 4 is 12.0 Å². The van der Waals surface area contributed by atoms with E-state index in [1.165, 1.54) is 0 Å². The van der Waals surface area contributed by atoms with E-state index in [9.17, 15) is 9.59 Å². The van der Waals surface area contributed by atoms with Gasteiger partial charge in [0.1, 0.15) is 0 Å². The summed E-state index contributed by atoms with van der Waals surface area (Å²) in [4.78, 5) is 24.0. The summed E-state index contributed by atoms with van der Waals surface area (Å²) in [6.45, 7) is 6.62. The molecule has 2 amide bonds. The fraction of sp³-hybridized carbons (Fsp3) is 0.833. The van der Waals surface area contributed by atoms with E-state index in [0.29, 0.717) is 25.9 Å². The quantitative estimate of drug-likeness (QED) is 0.533. The summed E-state index contributed by atoms with van der Waals surface area (Å²) < 4.78 is 0. The lowest BCUT2D eigenvalue weighted by atomic mass is 10.1. The zero-order valence-corrected chi connectivity index (χ0v) is 11.5. The summed E-state index contributed by atoms with van der Waals surface area (Å²) >= 11 is 0. The molecule has 3 N–H and O–H groups in total. The second-order valence-electron chi connectivity index (χ2n) is 4.46. The van der Waals surface area contributed by atoms with E-state index in [1.807, 2.05) is 7.05 Å². The van der Waals surface area contributed by atoms with Gasteiger partial charge in [-0.15, -0.1) is 0 Å². The molecule has 0 aromatic carbocycles. The molecule has 0 spiro atoms. The Bertz CT molecular complexity index is 259. The number of likely N-dealkylation sites (N-methyl/N-ethyl adjacent to an activating group) is 1. The second-order valence-corrected chi connectivity index (χ2v) is 4.46. The van der Waals surface area contributed by atoms with Crippen molar-refractivity contribution in [2.45, 2.75) is 26.7 Å². The van der Waals surface area contributed by atoms with Crippen LogP contribution in [0.5, 0.6) is 0 Å². The van der Waals surface area contributed by atoms with Crippen molar-refractivity contribution in [1.82, 2.24) is 15.5 Å². The van der Waals surface area contributed by atoms with Gasteiger partial charge in [0.25, 0.3) is 0 Å². The van der Waals surface area contributed by atoms with E-state index < -0.39 is 5.97 Å². The molecule has 0 aliphatic carbocycles.